The maximum absolute atomic E-state index is 13.4. The first-order valence-electron chi connectivity index (χ1n) is 32.2. The Bertz CT molecular complexity index is 1710. The van der Waals surface area contributed by atoms with Gasteiger partial charge in [-0.15, -0.1) is 0 Å². The van der Waals surface area contributed by atoms with Gasteiger partial charge in [0.2, 0.25) is 5.91 Å². The Kier molecular flexibility index (Phi) is 51.9. The molecule has 1 aliphatic heterocycles. The SMILES string of the molecule is CCCCC/C=C\C/C=C\C/C=C\C/C=C\CCCCCCCCC(O)C(=O)NC(COC1OC(CO)C(O)C(O)C1OC(=O)CCC/C=C\C/C=C\C/C=C\C/C=C\CCCCC)C(O)/C=C/CCCCCCCCCCCC. The minimum absolute atomic E-state index is 0.0410. The second-order valence-corrected chi connectivity index (χ2v) is 21.8. The van der Waals surface area contributed by atoms with E-state index in [4.69, 9.17) is 14.2 Å². The fraction of sp³-hybridized carbons (Fsp3) is 0.710. The molecular formula is C69H117NO10. The first-order chi connectivity index (χ1) is 39.2. The van der Waals surface area contributed by atoms with Crippen molar-refractivity contribution in [2.75, 3.05) is 13.2 Å². The van der Waals surface area contributed by atoms with Gasteiger partial charge in [-0.3, -0.25) is 9.59 Å². The summed E-state index contributed by atoms with van der Waals surface area (Å²) in [6.45, 7) is 5.69. The molecule has 80 heavy (non-hydrogen) atoms. The standard InChI is InChI=1S/C69H117NO10/c1-4-7-10-13-16-19-22-25-27-29-30-31-32-33-35-36-38-41-44-47-50-53-56-62(73)68(77)70-60(61(72)55-52-49-46-43-40-24-21-18-15-12-9-6-3)59-78-69-67(66(76)65(75)63(58-71)79-69)80-64(74)57-54-51-48-45-42-39-37-34-28-26-23-20-17-14-11-8-5-2/h16-17,19-20,25-28,30-31,33,35,37,39,45,48,52,55,60-63,65-67,69,71-73,75-76H,4-15,18,21-24,29,32,34,36,38,40-44,46-47,49-51,53-54,56-59H2,1-3H3,(H,70,77)/b19-16-,20-17-,27-25-,28-26-,31-30-,35-33-,39-37-,48-45-,55-52+. The molecule has 0 radical (unpaired) electrons. The summed E-state index contributed by atoms with van der Waals surface area (Å²) < 4.78 is 17.6. The minimum atomic E-state index is -1.64. The number of aliphatic hydroxyl groups is 5. The molecule has 11 heteroatoms. The summed E-state index contributed by atoms with van der Waals surface area (Å²) in [5, 5.41) is 57.0. The van der Waals surface area contributed by atoms with Gasteiger partial charge in [-0.05, 0) is 109 Å². The number of rotatable bonds is 53. The van der Waals surface area contributed by atoms with Crippen LogP contribution in [0.1, 0.15) is 252 Å². The summed E-state index contributed by atoms with van der Waals surface area (Å²) in [7, 11) is 0. The molecule has 6 N–H and O–H groups in total. The highest BCUT2D eigenvalue weighted by Crippen LogP contribution is 2.26. The van der Waals surface area contributed by atoms with Gasteiger partial charge in [0.1, 0.15) is 24.4 Å². The zero-order valence-electron chi connectivity index (χ0n) is 50.7. The van der Waals surface area contributed by atoms with Gasteiger partial charge in [0.05, 0.1) is 25.4 Å². The molecule has 0 aromatic carbocycles. The summed E-state index contributed by atoms with van der Waals surface area (Å²) in [4.78, 5) is 26.6. The van der Waals surface area contributed by atoms with E-state index in [1.54, 1.807) is 6.08 Å². The van der Waals surface area contributed by atoms with Crippen LogP contribution in [-0.2, 0) is 23.8 Å². The number of hydrogen-bond acceptors (Lipinski definition) is 10. The van der Waals surface area contributed by atoms with Crippen LogP contribution in [0.15, 0.2) is 109 Å². The fourth-order valence-electron chi connectivity index (χ4n) is 9.27. The maximum Gasteiger partial charge on any atom is 0.306 e. The third-order valence-corrected chi connectivity index (χ3v) is 14.4. The van der Waals surface area contributed by atoms with Crippen molar-refractivity contribution in [3.8, 4) is 0 Å². The smallest absolute Gasteiger partial charge is 0.306 e. The zero-order chi connectivity index (χ0) is 58.2. The number of aliphatic hydroxyl groups excluding tert-OH is 5. The Morgan fingerprint density at radius 3 is 1.31 bits per heavy atom. The molecule has 8 atom stereocenters. The normalized spacial score (nSPS) is 19.5. The lowest BCUT2D eigenvalue weighted by molar-refractivity contribution is -0.305. The molecule has 0 spiro atoms. The van der Waals surface area contributed by atoms with Gasteiger partial charge in [-0.1, -0.05) is 246 Å². The number of carbonyl (C=O) groups is 2. The molecule has 0 aromatic heterocycles. The molecule has 11 nitrogen and oxygen atoms in total. The molecule has 1 fully saturated rings. The summed E-state index contributed by atoms with van der Waals surface area (Å²) in [5.74, 6) is -1.27. The predicted molar refractivity (Wildman–Crippen MR) is 333 cm³/mol. The van der Waals surface area contributed by atoms with E-state index >= 15 is 0 Å². The highest BCUT2D eigenvalue weighted by molar-refractivity contribution is 5.80. The maximum atomic E-state index is 13.4. The van der Waals surface area contributed by atoms with Crippen molar-refractivity contribution >= 4 is 11.9 Å². The van der Waals surface area contributed by atoms with Crippen LogP contribution in [-0.4, -0.2) is 99.6 Å². The van der Waals surface area contributed by atoms with Crippen molar-refractivity contribution in [3.63, 3.8) is 0 Å². The van der Waals surface area contributed by atoms with Crippen LogP contribution in [0.4, 0.5) is 0 Å². The number of amides is 1. The largest absolute Gasteiger partial charge is 0.454 e. The lowest BCUT2D eigenvalue weighted by Crippen LogP contribution is -2.61. The van der Waals surface area contributed by atoms with Gasteiger partial charge in [0.25, 0.3) is 0 Å². The minimum Gasteiger partial charge on any atom is -0.454 e. The van der Waals surface area contributed by atoms with Gasteiger partial charge < -0.3 is 45.1 Å². The molecule has 8 unspecified atom stereocenters. The summed E-state index contributed by atoms with van der Waals surface area (Å²) in [5.41, 5.74) is 0. The van der Waals surface area contributed by atoms with Crippen LogP contribution in [0.2, 0.25) is 0 Å². The first kappa shape index (κ1) is 74.3. The average Bonchev–Trinajstić information content (AvgIpc) is 3.48. The summed E-state index contributed by atoms with van der Waals surface area (Å²) >= 11 is 0. The van der Waals surface area contributed by atoms with Crippen LogP contribution < -0.4 is 5.32 Å². The van der Waals surface area contributed by atoms with E-state index in [-0.39, 0.29) is 19.4 Å². The van der Waals surface area contributed by atoms with E-state index in [0.29, 0.717) is 19.3 Å². The van der Waals surface area contributed by atoms with Crippen molar-refractivity contribution in [2.24, 2.45) is 0 Å². The number of carbonyl (C=O) groups excluding carboxylic acids is 2. The van der Waals surface area contributed by atoms with Crippen molar-refractivity contribution in [1.29, 1.82) is 0 Å². The Balaban J connectivity index is 2.70. The Morgan fingerprint density at radius 1 is 0.487 bits per heavy atom. The molecule has 1 aliphatic rings. The monoisotopic (exact) mass is 1120 g/mol. The predicted octanol–water partition coefficient (Wildman–Crippen LogP) is 15.7. The molecule has 0 aromatic rings. The third-order valence-electron chi connectivity index (χ3n) is 14.4. The molecule has 458 valence electrons. The van der Waals surface area contributed by atoms with Crippen LogP contribution in [0.5, 0.6) is 0 Å². The highest BCUT2D eigenvalue weighted by Gasteiger charge is 2.47. The van der Waals surface area contributed by atoms with Crippen molar-refractivity contribution in [1.82, 2.24) is 5.32 Å². The van der Waals surface area contributed by atoms with Gasteiger partial charge in [-0.2, -0.15) is 0 Å². The van der Waals surface area contributed by atoms with Crippen molar-refractivity contribution in [3.05, 3.63) is 109 Å². The van der Waals surface area contributed by atoms with E-state index in [2.05, 4.69) is 111 Å². The molecule has 1 saturated heterocycles. The number of ether oxygens (including phenoxy) is 3. The van der Waals surface area contributed by atoms with Crippen LogP contribution in [0, 0.1) is 0 Å². The number of allylic oxidation sites excluding steroid dienone is 17. The Morgan fingerprint density at radius 2 is 0.863 bits per heavy atom. The van der Waals surface area contributed by atoms with E-state index in [9.17, 15) is 35.1 Å². The van der Waals surface area contributed by atoms with E-state index in [1.165, 1.54) is 89.9 Å². The van der Waals surface area contributed by atoms with E-state index in [1.807, 2.05) is 18.2 Å². The molecule has 0 bridgehead atoms. The van der Waals surface area contributed by atoms with Crippen LogP contribution in [0.3, 0.4) is 0 Å². The Labute approximate surface area is 488 Å². The summed E-state index contributed by atoms with van der Waals surface area (Å²) in [6, 6.07) is -1.05. The lowest BCUT2D eigenvalue weighted by atomic mass is 9.99. The molecule has 1 heterocycles. The lowest BCUT2D eigenvalue weighted by Gasteiger charge is -2.41. The molecular weight excluding hydrogens is 1000 g/mol. The van der Waals surface area contributed by atoms with E-state index < -0.39 is 67.4 Å². The summed E-state index contributed by atoms with van der Waals surface area (Å²) in [6.07, 6.45) is 65.5. The fourth-order valence-corrected chi connectivity index (χ4v) is 9.27. The van der Waals surface area contributed by atoms with Gasteiger partial charge in [0.15, 0.2) is 12.4 Å². The first-order valence-corrected chi connectivity index (χ1v) is 32.2. The second kappa shape index (κ2) is 55.8. The Hall–Kier alpha value is -3.68. The van der Waals surface area contributed by atoms with Crippen molar-refractivity contribution < 1.29 is 49.3 Å². The van der Waals surface area contributed by atoms with Gasteiger partial charge in [-0.25, -0.2) is 0 Å². The second-order valence-electron chi connectivity index (χ2n) is 21.8. The topological polar surface area (TPSA) is 175 Å². The van der Waals surface area contributed by atoms with Gasteiger partial charge >= 0.3 is 5.97 Å². The molecule has 1 amide bonds. The number of unbranched alkanes of at least 4 members (excludes halogenated alkanes) is 23. The van der Waals surface area contributed by atoms with Crippen LogP contribution >= 0.6 is 0 Å². The highest BCUT2D eigenvalue weighted by atomic mass is 16.7. The third kappa shape index (κ3) is 43.1. The van der Waals surface area contributed by atoms with E-state index in [0.717, 1.165) is 109 Å². The average molecular weight is 1120 g/mol. The van der Waals surface area contributed by atoms with Crippen molar-refractivity contribution in [2.45, 2.75) is 301 Å². The number of nitrogens with one attached hydrogen (secondary N) is 1. The molecule has 1 rings (SSSR count). The molecule has 0 saturated carbocycles. The van der Waals surface area contributed by atoms with Crippen LogP contribution in [0.25, 0.3) is 0 Å². The molecule has 0 aliphatic carbocycles. The number of hydrogen-bond donors (Lipinski definition) is 6. The van der Waals surface area contributed by atoms with Gasteiger partial charge in [0, 0.05) is 6.42 Å². The quantitative estimate of drug-likeness (QED) is 0.0195. The zero-order valence-corrected chi connectivity index (χ0v) is 50.7. The number of esters is 1.